The molecule has 2 aromatic carbocycles. The number of rotatable bonds is 13. The van der Waals surface area contributed by atoms with Gasteiger partial charge in [-0.1, -0.05) is 58.7 Å². The molecule has 2 aromatic rings. The van der Waals surface area contributed by atoms with Gasteiger partial charge in [0, 0.05) is 17.9 Å². The number of nitrogens with one attached hydrogen (secondary N) is 1. The highest BCUT2D eigenvalue weighted by molar-refractivity contribution is 7.89. The van der Waals surface area contributed by atoms with Crippen LogP contribution in [0.1, 0.15) is 115 Å². The summed E-state index contributed by atoms with van der Waals surface area (Å²) in [6, 6.07) is 10.5. The van der Waals surface area contributed by atoms with Gasteiger partial charge in [-0.2, -0.15) is 0 Å². The van der Waals surface area contributed by atoms with Crippen LogP contribution in [0.3, 0.4) is 0 Å². The summed E-state index contributed by atoms with van der Waals surface area (Å²) >= 11 is 0. The van der Waals surface area contributed by atoms with Gasteiger partial charge in [0.15, 0.2) is 0 Å². The second-order valence-electron chi connectivity index (χ2n) is 13.8. The number of benzene rings is 2. The fourth-order valence-corrected chi connectivity index (χ4v) is 7.05. The van der Waals surface area contributed by atoms with Crippen molar-refractivity contribution in [1.29, 1.82) is 0 Å². The summed E-state index contributed by atoms with van der Waals surface area (Å²) in [5, 5.41) is 0. The van der Waals surface area contributed by atoms with Crippen molar-refractivity contribution in [1.82, 2.24) is 4.72 Å². The maximum Gasteiger partial charge on any atom is 0.240 e. The Morgan fingerprint density at radius 1 is 1.07 bits per heavy atom. The predicted octanol–water partition coefficient (Wildman–Crippen LogP) is 7.91. The number of ketones is 1. The number of Topliss-reactive ketones (excluding diaryl/α,β-unsaturated/α-hetero) is 1. The van der Waals surface area contributed by atoms with Gasteiger partial charge < -0.3 is 4.74 Å². The summed E-state index contributed by atoms with van der Waals surface area (Å²) in [5.41, 5.74) is 2.88. The third-order valence-electron chi connectivity index (χ3n) is 9.68. The molecule has 2 aliphatic rings. The lowest BCUT2D eigenvalue weighted by atomic mass is 9.76. The van der Waals surface area contributed by atoms with E-state index in [1.54, 1.807) is 19.1 Å². The van der Waals surface area contributed by atoms with E-state index in [-0.39, 0.29) is 35.1 Å². The van der Waals surface area contributed by atoms with Gasteiger partial charge in [-0.25, -0.2) is 12.8 Å². The van der Waals surface area contributed by atoms with Crippen LogP contribution in [0.2, 0.25) is 0 Å². The largest absolute Gasteiger partial charge is 0.490 e. The van der Waals surface area contributed by atoms with E-state index < -0.39 is 21.8 Å². The lowest BCUT2D eigenvalue weighted by Gasteiger charge is -2.29. The van der Waals surface area contributed by atoms with Crippen LogP contribution in [-0.4, -0.2) is 32.5 Å². The SMILES string of the molecule is CCC(C)(C)C[C@H](C)C(=O)C[C@@H]1CC[C@@H](Oc2ccc([C@H](C)C(=O)NS(C)(=O)=O)cc2-c2cccc(F)c2C2CCC2)C1. The highest BCUT2D eigenvalue weighted by Crippen LogP contribution is 2.46. The van der Waals surface area contributed by atoms with E-state index in [0.29, 0.717) is 34.6 Å². The fourth-order valence-electron chi connectivity index (χ4n) is 6.51. The highest BCUT2D eigenvalue weighted by atomic mass is 32.2. The van der Waals surface area contributed by atoms with Crippen LogP contribution in [0.5, 0.6) is 5.75 Å². The normalized spacial score (nSPS) is 20.7. The Morgan fingerprint density at radius 2 is 1.79 bits per heavy atom. The molecule has 0 unspecified atom stereocenters. The topological polar surface area (TPSA) is 89.5 Å². The van der Waals surface area contributed by atoms with Gasteiger partial charge >= 0.3 is 0 Å². The maximum absolute atomic E-state index is 15.3. The summed E-state index contributed by atoms with van der Waals surface area (Å²) in [7, 11) is -3.71. The Bertz CT molecular complexity index is 1430. The molecule has 0 radical (unpaired) electrons. The van der Waals surface area contributed by atoms with Crippen molar-refractivity contribution in [2.24, 2.45) is 17.3 Å². The van der Waals surface area contributed by atoms with Crippen molar-refractivity contribution in [2.75, 3.05) is 6.26 Å². The van der Waals surface area contributed by atoms with E-state index in [9.17, 15) is 18.0 Å². The minimum atomic E-state index is -3.71. The zero-order valence-electron chi connectivity index (χ0n) is 26.5. The van der Waals surface area contributed by atoms with Gasteiger partial charge in [-0.3, -0.25) is 14.3 Å². The molecule has 1 amide bonds. The molecule has 0 aliphatic heterocycles. The van der Waals surface area contributed by atoms with Gasteiger partial charge in [0.1, 0.15) is 17.3 Å². The standard InChI is InChI=1S/C35H48FNO5S/c1-7-35(4,5)21-22(2)31(38)19-24-14-16-27(18-24)42-32-17-15-26(23(3)34(39)37-43(6,40)41)20-29(32)28-12-9-13-30(36)33(28)25-10-8-11-25/h9,12-13,15,17,20,22-25,27H,7-8,10-11,14,16,18-19,21H2,1-6H3,(H,37,39)/t22-,23-,24+,27+/m0/s1. The molecule has 8 heteroatoms. The summed E-state index contributed by atoms with van der Waals surface area (Å²) in [6.45, 7) is 10.3. The molecule has 43 heavy (non-hydrogen) atoms. The molecule has 236 valence electrons. The minimum absolute atomic E-state index is 0.0360. The second-order valence-corrected chi connectivity index (χ2v) is 15.5. The van der Waals surface area contributed by atoms with E-state index in [0.717, 1.165) is 63.2 Å². The van der Waals surface area contributed by atoms with Crippen LogP contribution in [-0.2, 0) is 19.6 Å². The first-order valence-corrected chi connectivity index (χ1v) is 17.7. The van der Waals surface area contributed by atoms with Crippen molar-refractivity contribution < 1.29 is 27.1 Å². The molecule has 4 atom stereocenters. The van der Waals surface area contributed by atoms with Gasteiger partial charge in [0.05, 0.1) is 18.3 Å². The van der Waals surface area contributed by atoms with Crippen LogP contribution >= 0.6 is 0 Å². The Kier molecular flexibility index (Phi) is 10.4. The van der Waals surface area contributed by atoms with Gasteiger partial charge in [-0.15, -0.1) is 0 Å². The summed E-state index contributed by atoms with van der Waals surface area (Å²) in [4.78, 5) is 25.8. The van der Waals surface area contributed by atoms with Crippen LogP contribution in [0, 0.1) is 23.1 Å². The number of carbonyl (C=O) groups excluding carboxylic acids is 2. The van der Waals surface area contributed by atoms with Crippen molar-refractivity contribution in [3.05, 3.63) is 53.3 Å². The molecule has 4 rings (SSSR count). The Morgan fingerprint density at radius 3 is 2.42 bits per heavy atom. The molecule has 2 aliphatic carbocycles. The average Bonchev–Trinajstić information content (AvgIpc) is 3.34. The number of sulfonamides is 1. The smallest absolute Gasteiger partial charge is 0.240 e. The lowest BCUT2D eigenvalue weighted by molar-refractivity contribution is -0.124. The molecular weight excluding hydrogens is 565 g/mol. The number of halogens is 1. The molecule has 0 saturated heterocycles. The zero-order chi connectivity index (χ0) is 31.5. The average molecular weight is 614 g/mol. The van der Waals surface area contributed by atoms with Crippen molar-refractivity contribution >= 4 is 21.7 Å². The van der Waals surface area contributed by atoms with E-state index in [4.69, 9.17) is 4.74 Å². The van der Waals surface area contributed by atoms with E-state index in [1.807, 2.05) is 25.1 Å². The summed E-state index contributed by atoms with van der Waals surface area (Å²) < 4.78 is 47.3. The van der Waals surface area contributed by atoms with Crippen molar-refractivity contribution in [3.8, 4) is 16.9 Å². The molecule has 0 aromatic heterocycles. The van der Waals surface area contributed by atoms with E-state index in [1.165, 1.54) is 6.07 Å². The quantitative estimate of drug-likeness (QED) is 0.248. The minimum Gasteiger partial charge on any atom is -0.490 e. The van der Waals surface area contributed by atoms with Crippen molar-refractivity contribution in [2.45, 2.75) is 110 Å². The number of hydrogen-bond donors (Lipinski definition) is 1. The molecule has 6 nitrogen and oxygen atoms in total. The third-order valence-corrected chi connectivity index (χ3v) is 10.3. The van der Waals surface area contributed by atoms with Gasteiger partial charge in [-0.05, 0) is 97.6 Å². The number of carbonyl (C=O) groups is 2. The first-order chi connectivity index (χ1) is 20.2. The van der Waals surface area contributed by atoms with E-state index >= 15 is 4.39 Å². The molecule has 2 fully saturated rings. The molecule has 0 spiro atoms. The molecule has 1 N–H and O–H groups in total. The molecule has 0 heterocycles. The van der Waals surface area contributed by atoms with Crippen LogP contribution in [0.15, 0.2) is 36.4 Å². The molecule has 0 bridgehead atoms. The first kappa shape index (κ1) is 33.2. The van der Waals surface area contributed by atoms with Crippen molar-refractivity contribution in [3.63, 3.8) is 0 Å². The van der Waals surface area contributed by atoms with Crippen LogP contribution in [0.25, 0.3) is 11.1 Å². The zero-order valence-corrected chi connectivity index (χ0v) is 27.4. The number of ether oxygens (including phenoxy) is 1. The number of amides is 1. The Hall–Kier alpha value is -2.74. The maximum atomic E-state index is 15.3. The van der Waals surface area contributed by atoms with Crippen LogP contribution in [0.4, 0.5) is 4.39 Å². The third kappa shape index (κ3) is 8.46. The Labute approximate surface area is 257 Å². The highest BCUT2D eigenvalue weighted by Gasteiger charge is 2.32. The summed E-state index contributed by atoms with van der Waals surface area (Å²) in [5.74, 6) is -0.253. The molecular formula is C35H48FNO5S. The summed E-state index contributed by atoms with van der Waals surface area (Å²) in [6.07, 6.45) is 8.81. The first-order valence-electron chi connectivity index (χ1n) is 15.8. The van der Waals surface area contributed by atoms with Gasteiger partial charge in [0.2, 0.25) is 15.9 Å². The van der Waals surface area contributed by atoms with Crippen LogP contribution < -0.4 is 9.46 Å². The van der Waals surface area contributed by atoms with E-state index in [2.05, 4.69) is 25.5 Å². The fraction of sp³-hybridized carbons (Fsp3) is 0.600. The monoisotopic (exact) mass is 613 g/mol. The second kappa shape index (κ2) is 13.5. The Balaban J connectivity index is 1.58. The lowest BCUT2D eigenvalue weighted by Crippen LogP contribution is -2.32. The number of hydrogen-bond acceptors (Lipinski definition) is 5. The van der Waals surface area contributed by atoms with Gasteiger partial charge in [0.25, 0.3) is 0 Å². The predicted molar refractivity (Wildman–Crippen MR) is 169 cm³/mol. The molecule has 2 saturated carbocycles.